The third-order valence-electron chi connectivity index (χ3n) is 2.99. The quantitative estimate of drug-likeness (QED) is 0.608. The highest BCUT2D eigenvalue weighted by Gasteiger charge is 2.03. The summed E-state index contributed by atoms with van der Waals surface area (Å²) in [6.07, 6.45) is 7.79. The minimum absolute atomic E-state index is 0.0707. The molecule has 1 aromatic heterocycles. The van der Waals surface area contributed by atoms with Crippen molar-refractivity contribution in [1.29, 1.82) is 0 Å². The second kappa shape index (κ2) is 7.75. The van der Waals surface area contributed by atoms with Crippen LogP contribution in [0.2, 0.25) is 0 Å². The summed E-state index contributed by atoms with van der Waals surface area (Å²) in [7, 11) is 0. The summed E-state index contributed by atoms with van der Waals surface area (Å²) >= 11 is 1.70. The second-order valence-corrected chi connectivity index (χ2v) is 5.39. The average molecular weight is 289 g/mol. The van der Waals surface area contributed by atoms with Crippen LogP contribution >= 0.6 is 11.8 Å². The van der Waals surface area contributed by atoms with Crippen LogP contribution in [0.25, 0.3) is 0 Å². The molecule has 106 valence electrons. The van der Waals surface area contributed by atoms with E-state index in [4.69, 9.17) is 0 Å². The maximum atomic E-state index is 11.8. The van der Waals surface area contributed by atoms with Crippen LogP contribution in [0.5, 0.6) is 0 Å². The molecule has 20 heavy (non-hydrogen) atoms. The van der Waals surface area contributed by atoms with E-state index in [2.05, 4.69) is 15.3 Å². The zero-order valence-corrected chi connectivity index (χ0v) is 12.4. The Morgan fingerprint density at radius 3 is 2.80 bits per heavy atom. The highest BCUT2D eigenvalue weighted by atomic mass is 32.2. The third-order valence-corrected chi connectivity index (χ3v) is 3.73. The van der Waals surface area contributed by atoms with E-state index < -0.39 is 0 Å². The molecule has 0 spiro atoms. The Bertz CT molecular complexity index is 523. The third kappa shape index (κ3) is 4.74. The number of hydrogen-bond donors (Lipinski definition) is 2. The second-order valence-electron chi connectivity index (χ2n) is 4.51. The van der Waals surface area contributed by atoms with Crippen LogP contribution in [0, 0.1) is 0 Å². The van der Waals surface area contributed by atoms with Crippen LogP contribution in [-0.2, 0) is 17.6 Å². The average Bonchev–Trinajstić information content (AvgIpc) is 2.98. The number of hydrogen-bond acceptors (Lipinski definition) is 3. The van der Waals surface area contributed by atoms with Gasteiger partial charge in [-0.25, -0.2) is 4.98 Å². The summed E-state index contributed by atoms with van der Waals surface area (Å²) < 4.78 is 0. The van der Waals surface area contributed by atoms with Crippen molar-refractivity contribution in [2.75, 3.05) is 12.8 Å². The van der Waals surface area contributed by atoms with Gasteiger partial charge in [-0.1, -0.05) is 12.1 Å². The lowest BCUT2D eigenvalue weighted by Gasteiger charge is -2.05. The molecule has 2 N–H and O–H groups in total. The van der Waals surface area contributed by atoms with Gasteiger partial charge in [-0.2, -0.15) is 0 Å². The summed E-state index contributed by atoms with van der Waals surface area (Å²) in [5.74, 6) is 1.04. The molecule has 0 aliphatic carbocycles. The number of carbonyl (C=O) groups excluding carboxylic acids is 1. The first-order valence-corrected chi connectivity index (χ1v) is 7.88. The van der Waals surface area contributed by atoms with Gasteiger partial charge in [-0.05, 0) is 30.4 Å². The van der Waals surface area contributed by atoms with Gasteiger partial charge in [0.05, 0.1) is 6.42 Å². The number of imidazole rings is 1. The molecule has 5 heteroatoms. The van der Waals surface area contributed by atoms with Gasteiger partial charge in [0.1, 0.15) is 5.82 Å². The van der Waals surface area contributed by atoms with Crippen LogP contribution in [0.4, 0.5) is 0 Å². The standard InChI is InChI=1S/C15H19N3OS/c1-20-13-6-4-12(5-7-13)11-15(19)18-8-2-3-14-16-9-10-17-14/h4-7,9-10H,2-3,8,11H2,1H3,(H,16,17)(H,18,19). The summed E-state index contributed by atoms with van der Waals surface area (Å²) in [6, 6.07) is 8.11. The number of nitrogens with zero attached hydrogens (tertiary/aromatic N) is 1. The molecule has 2 rings (SSSR count). The minimum Gasteiger partial charge on any atom is -0.356 e. The minimum atomic E-state index is 0.0707. The normalized spacial score (nSPS) is 10.4. The van der Waals surface area contributed by atoms with Crippen LogP contribution in [-0.4, -0.2) is 28.7 Å². The van der Waals surface area contributed by atoms with Gasteiger partial charge < -0.3 is 10.3 Å². The molecular weight excluding hydrogens is 270 g/mol. The lowest BCUT2D eigenvalue weighted by Crippen LogP contribution is -2.26. The van der Waals surface area contributed by atoms with E-state index in [9.17, 15) is 4.79 Å². The summed E-state index contributed by atoms with van der Waals surface area (Å²) in [5.41, 5.74) is 1.05. The predicted molar refractivity (Wildman–Crippen MR) is 81.8 cm³/mol. The van der Waals surface area contributed by atoms with Crippen molar-refractivity contribution in [2.24, 2.45) is 0 Å². The Hall–Kier alpha value is -1.75. The van der Waals surface area contributed by atoms with Crippen molar-refractivity contribution >= 4 is 17.7 Å². The smallest absolute Gasteiger partial charge is 0.224 e. The number of thioether (sulfide) groups is 1. The number of nitrogens with one attached hydrogen (secondary N) is 2. The molecule has 0 saturated heterocycles. The van der Waals surface area contributed by atoms with E-state index in [1.165, 1.54) is 4.90 Å². The van der Waals surface area contributed by atoms with Crippen LogP contribution in [0.1, 0.15) is 17.8 Å². The Kier molecular flexibility index (Phi) is 5.68. The monoisotopic (exact) mass is 289 g/mol. The number of rotatable bonds is 7. The molecule has 2 aromatic rings. The molecular formula is C15H19N3OS. The first kappa shape index (κ1) is 14.7. The van der Waals surface area contributed by atoms with E-state index in [-0.39, 0.29) is 5.91 Å². The number of aromatic amines is 1. The molecule has 4 nitrogen and oxygen atoms in total. The number of amides is 1. The SMILES string of the molecule is CSc1ccc(CC(=O)NCCCc2ncc[nH]2)cc1. The van der Waals surface area contributed by atoms with Crippen molar-refractivity contribution in [3.05, 3.63) is 48.0 Å². The summed E-state index contributed by atoms with van der Waals surface area (Å²) in [4.78, 5) is 20.2. The van der Waals surface area contributed by atoms with Crippen molar-refractivity contribution in [3.63, 3.8) is 0 Å². The Labute approximate surface area is 123 Å². The van der Waals surface area contributed by atoms with Crippen molar-refractivity contribution in [2.45, 2.75) is 24.2 Å². The van der Waals surface area contributed by atoms with Gasteiger partial charge in [-0.15, -0.1) is 11.8 Å². The van der Waals surface area contributed by atoms with E-state index in [0.29, 0.717) is 13.0 Å². The predicted octanol–water partition coefficient (Wildman–Crippen LogP) is 2.42. The number of aromatic nitrogens is 2. The Balaban J connectivity index is 1.66. The highest BCUT2D eigenvalue weighted by molar-refractivity contribution is 7.98. The van der Waals surface area contributed by atoms with E-state index in [1.807, 2.05) is 36.7 Å². The number of aryl methyl sites for hydroxylation is 1. The zero-order chi connectivity index (χ0) is 14.2. The molecule has 0 atom stereocenters. The summed E-state index contributed by atoms with van der Waals surface area (Å²) in [6.45, 7) is 0.683. The van der Waals surface area contributed by atoms with E-state index in [0.717, 1.165) is 24.2 Å². The molecule has 0 radical (unpaired) electrons. The molecule has 0 unspecified atom stereocenters. The molecule has 0 aliphatic heterocycles. The fraction of sp³-hybridized carbons (Fsp3) is 0.333. The van der Waals surface area contributed by atoms with Gasteiger partial charge in [0.2, 0.25) is 5.91 Å². The largest absolute Gasteiger partial charge is 0.356 e. The van der Waals surface area contributed by atoms with E-state index in [1.54, 1.807) is 18.0 Å². The van der Waals surface area contributed by atoms with Gasteiger partial charge in [0.25, 0.3) is 0 Å². The van der Waals surface area contributed by atoms with E-state index >= 15 is 0 Å². The number of benzene rings is 1. The molecule has 0 aliphatic rings. The molecule has 0 bridgehead atoms. The fourth-order valence-corrected chi connectivity index (χ4v) is 2.32. The van der Waals surface area contributed by atoms with Crippen molar-refractivity contribution in [1.82, 2.24) is 15.3 Å². The first-order valence-electron chi connectivity index (χ1n) is 6.66. The summed E-state index contributed by atoms with van der Waals surface area (Å²) in [5, 5.41) is 2.94. The van der Waals surface area contributed by atoms with Gasteiger partial charge in [0, 0.05) is 30.3 Å². The number of H-pyrrole nitrogens is 1. The lowest BCUT2D eigenvalue weighted by atomic mass is 10.1. The molecule has 1 aromatic carbocycles. The first-order chi connectivity index (χ1) is 9.78. The van der Waals surface area contributed by atoms with Crippen molar-refractivity contribution < 1.29 is 4.79 Å². The Morgan fingerprint density at radius 1 is 1.35 bits per heavy atom. The van der Waals surface area contributed by atoms with Gasteiger partial charge >= 0.3 is 0 Å². The van der Waals surface area contributed by atoms with Crippen LogP contribution in [0.15, 0.2) is 41.6 Å². The number of carbonyl (C=O) groups is 1. The van der Waals surface area contributed by atoms with Crippen LogP contribution in [0.3, 0.4) is 0 Å². The topological polar surface area (TPSA) is 57.8 Å². The lowest BCUT2D eigenvalue weighted by molar-refractivity contribution is -0.120. The van der Waals surface area contributed by atoms with Crippen molar-refractivity contribution in [3.8, 4) is 0 Å². The molecule has 1 amide bonds. The molecule has 0 saturated carbocycles. The zero-order valence-electron chi connectivity index (χ0n) is 11.6. The van der Waals surface area contributed by atoms with Gasteiger partial charge in [0.15, 0.2) is 0 Å². The van der Waals surface area contributed by atoms with Gasteiger partial charge in [-0.3, -0.25) is 4.79 Å². The van der Waals surface area contributed by atoms with Crippen LogP contribution < -0.4 is 5.32 Å². The fourth-order valence-electron chi connectivity index (χ4n) is 1.91. The molecule has 0 fully saturated rings. The maximum absolute atomic E-state index is 11.8. The highest BCUT2D eigenvalue weighted by Crippen LogP contribution is 2.14. The Morgan fingerprint density at radius 2 is 2.15 bits per heavy atom. The molecule has 1 heterocycles. The maximum Gasteiger partial charge on any atom is 0.224 e.